The molecule has 1 saturated heterocycles. The number of piperidine rings is 1. The van der Waals surface area contributed by atoms with Crippen molar-refractivity contribution in [3.63, 3.8) is 0 Å². The lowest BCUT2D eigenvalue weighted by molar-refractivity contribution is -0.145. The Bertz CT molecular complexity index is 256. The van der Waals surface area contributed by atoms with Gasteiger partial charge in [-0.1, -0.05) is 13.8 Å². The van der Waals surface area contributed by atoms with Gasteiger partial charge in [-0.15, -0.1) is 0 Å². The van der Waals surface area contributed by atoms with Crippen LogP contribution in [0.2, 0.25) is 0 Å². The van der Waals surface area contributed by atoms with Crippen molar-refractivity contribution in [2.75, 3.05) is 6.54 Å². The van der Waals surface area contributed by atoms with Gasteiger partial charge in [0.2, 0.25) is 5.91 Å². The zero-order chi connectivity index (χ0) is 10.9. The van der Waals surface area contributed by atoms with E-state index in [1.807, 2.05) is 32.6 Å². The van der Waals surface area contributed by atoms with Crippen LogP contribution in [0.4, 0.5) is 0 Å². The average molecular weight is 197 g/mol. The minimum absolute atomic E-state index is 0.0162. The summed E-state index contributed by atoms with van der Waals surface area (Å²) >= 11 is 0. The summed E-state index contributed by atoms with van der Waals surface area (Å²) in [5.41, 5.74) is -0.295. The molecular weight excluding hydrogens is 178 g/mol. The van der Waals surface area contributed by atoms with Crippen LogP contribution in [0, 0.1) is 5.92 Å². The number of likely N-dealkylation sites (tertiary alicyclic amines) is 1. The molecule has 1 aliphatic rings. The fraction of sp³-hybridized carbons (Fsp3) is 0.818. The quantitative estimate of drug-likeness (QED) is 0.640. The number of hydrogen-bond donors (Lipinski definition) is 0. The molecule has 1 rings (SSSR count). The molecule has 0 bridgehead atoms. The van der Waals surface area contributed by atoms with E-state index in [2.05, 4.69) is 0 Å². The second kappa shape index (κ2) is 3.71. The van der Waals surface area contributed by atoms with Gasteiger partial charge in [0, 0.05) is 30.8 Å². The molecule has 14 heavy (non-hydrogen) atoms. The first-order valence-electron chi connectivity index (χ1n) is 5.18. The molecule has 3 heteroatoms. The van der Waals surface area contributed by atoms with Crippen LogP contribution in [0.5, 0.6) is 0 Å². The topological polar surface area (TPSA) is 37.4 Å². The predicted molar refractivity (Wildman–Crippen MR) is 54.9 cm³/mol. The molecule has 0 radical (unpaired) electrons. The molecule has 1 aliphatic heterocycles. The third kappa shape index (κ3) is 2.14. The summed E-state index contributed by atoms with van der Waals surface area (Å²) in [6.45, 7) is 8.31. The van der Waals surface area contributed by atoms with Crippen LogP contribution in [0.15, 0.2) is 0 Å². The van der Waals surface area contributed by atoms with Crippen molar-refractivity contribution in [3.05, 3.63) is 0 Å². The first-order valence-corrected chi connectivity index (χ1v) is 5.18. The van der Waals surface area contributed by atoms with Gasteiger partial charge in [0.15, 0.2) is 0 Å². The van der Waals surface area contributed by atoms with E-state index in [1.165, 1.54) is 0 Å². The number of Topliss-reactive ketones (excluding diaryl/α,β-unsaturated/α-hetero) is 1. The Hall–Kier alpha value is -0.860. The number of nitrogens with zero attached hydrogens (tertiary/aromatic N) is 1. The van der Waals surface area contributed by atoms with Crippen LogP contribution >= 0.6 is 0 Å². The summed E-state index contributed by atoms with van der Waals surface area (Å²) in [7, 11) is 0. The van der Waals surface area contributed by atoms with E-state index in [-0.39, 0.29) is 23.1 Å². The minimum Gasteiger partial charge on any atom is -0.336 e. The number of rotatable bonds is 1. The highest BCUT2D eigenvalue weighted by atomic mass is 16.2. The first-order chi connectivity index (χ1) is 6.34. The van der Waals surface area contributed by atoms with Gasteiger partial charge >= 0.3 is 0 Å². The molecule has 0 aromatic heterocycles. The van der Waals surface area contributed by atoms with Crippen LogP contribution in [0.3, 0.4) is 0 Å². The second-order valence-corrected chi connectivity index (χ2v) is 4.92. The zero-order valence-corrected chi connectivity index (χ0v) is 9.46. The molecule has 3 nitrogen and oxygen atoms in total. The summed E-state index contributed by atoms with van der Waals surface area (Å²) in [4.78, 5) is 25.0. The number of carbonyl (C=O) groups is 2. The van der Waals surface area contributed by atoms with E-state index in [1.54, 1.807) is 0 Å². The molecule has 0 N–H and O–H groups in total. The third-order valence-corrected chi connectivity index (χ3v) is 2.73. The van der Waals surface area contributed by atoms with E-state index < -0.39 is 0 Å². The van der Waals surface area contributed by atoms with Gasteiger partial charge in [0.25, 0.3) is 0 Å². The molecule has 0 unspecified atom stereocenters. The Morgan fingerprint density at radius 3 is 2.43 bits per heavy atom. The van der Waals surface area contributed by atoms with Crippen molar-refractivity contribution in [1.82, 2.24) is 4.90 Å². The highest BCUT2D eigenvalue weighted by molar-refractivity contribution is 5.85. The average Bonchev–Trinajstić information content (AvgIpc) is 2.01. The maximum Gasteiger partial charge on any atom is 0.225 e. The Labute approximate surface area is 85.5 Å². The van der Waals surface area contributed by atoms with E-state index in [0.717, 1.165) is 0 Å². The van der Waals surface area contributed by atoms with Gasteiger partial charge in [0.1, 0.15) is 5.78 Å². The van der Waals surface area contributed by atoms with Gasteiger partial charge < -0.3 is 4.90 Å². The molecule has 0 aliphatic carbocycles. The van der Waals surface area contributed by atoms with Crippen molar-refractivity contribution in [2.45, 2.75) is 46.1 Å². The van der Waals surface area contributed by atoms with Crippen LogP contribution < -0.4 is 0 Å². The van der Waals surface area contributed by atoms with Gasteiger partial charge in [-0.2, -0.15) is 0 Å². The van der Waals surface area contributed by atoms with Gasteiger partial charge in [-0.3, -0.25) is 9.59 Å². The second-order valence-electron chi connectivity index (χ2n) is 4.92. The number of carbonyl (C=O) groups excluding carboxylic acids is 2. The summed E-state index contributed by atoms with van der Waals surface area (Å²) in [6, 6.07) is 0. The van der Waals surface area contributed by atoms with Crippen LogP contribution in [-0.2, 0) is 9.59 Å². The van der Waals surface area contributed by atoms with Gasteiger partial charge in [-0.05, 0) is 13.8 Å². The molecule has 0 aromatic rings. The molecular formula is C11H19NO2. The molecule has 1 fully saturated rings. The first kappa shape index (κ1) is 11.2. The zero-order valence-electron chi connectivity index (χ0n) is 9.46. The van der Waals surface area contributed by atoms with Gasteiger partial charge in [0.05, 0.1) is 0 Å². The molecule has 80 valence electrons. The lowest BCUT2D eigenvalue weighted by atomic mass is 9.88. The van der Waals surface area contributed by atoms with E-state index in [0.29, 0.717) is 19.4 Å². The lowest BCUT2D eigenvalue weighted by Gasteiger charge is -2.42. The van der Waals surface area contributed by atoms with E-state index >= 15 is 0 Å². The normalized spacial score (nSPS) is 21.5. The largest absolute Gasteiger partial charge is 0.336 e. The van der Waals surface area contributed by atoms with Crippen molar-refractivity contribution >= 4 is 11.7 Å². The smallest absolute Gasteiger partial charge is 0.225 e. The Morgan fingerprint density at radius 1 is 1.43 bits per heavy atom. The van der Waals surface area contributed by atoms with E-state index in [9.17, 15) is 9.59 Å². The number of amides is 1. The van der Waals surface area contributed by atoms with Crippen LogP contribution in [0.25, 0.3) is 0 Å². The fourth-order valence-corrected chi connectivity index (χ4v) is 1.93. The van der Waals surface area contributed by atoms with Crippen molar-refractivity contribution in [2.24, 2.45) is 5.92 Å². The molecule has 0 atom stereocenters. The molecule has 1 amide bonds. The van der Waals surface area contributed by atoms with Crippen molar-refractivity contribution in [1.29, 1.82) is 0 Å². The summed E-state index contributed by atoms with van der Waals surface area (Å²) < 4.78 is 0. The summed E-state index contributed by atoms with van der Waals surface area (Å²) in [5.74, 6) is 0.438. The summed E-state index contributed by atoms with van der Waals surface area (Å²) in [5, 5.41) is 0. The lowest BCUT2D eigenvalue weighted by Crippen LogP contribution is -2.54. The molecule has 1 heterocycles. The Balaban J connectivity index is 2.79. The van der Waals surface area contributed by atoms with Gasteiger partial charge in [-0.25, -0.2) is 0 Å². The maximum absolute atomic E-state index is 11.8. The summed E-state index contributed by atoms with van der Waals surface area (Å²) in [6.07, 6.45) is 1.01. The number of ketones is 1. The molecule has 0 saturated carbocycles. The SMILES string of the molecule is CC(C)C(=O)N1CCC(=O)CC1(C)C. The van der Waals surface area contributed by atoms with Crippen molar-refractivity contribution < 1.29 is 9.59 Å². The van der Waals surface area contributed by atoms with Crippen LogP contribution in [0.1, 0.15) is 40.5 Å². The van der Waals surface area contributed by atoms with Crippen molar-refractivity contribution in [3.8, 4) is 0 Å². The Morgan fingerprint density at radius 2 is 2.00 bits per heavy atom. The Kier molecular flexibility index (Phi) is 2.98. The maximum atomic E-state index is 11.8. The highest BCUT2D eigenvalue weighted by Gasteiger charge is 2.37. The predicted octanol–water partition coefficient (Wildman–Crippen LogP) is 1.61. The third-order valence-electron chi connectivity index (χ3n) is 2.73. The number of hydrogen-bond acceptors (Lipinski definition) is 2. The fourth-order valence-electron chi connectivity index (χ4n) is 1.93. The standard InChI is InChI=1S/C11H19NO2/c1-8(2)10(14)12-6-5-9(13)7-11(12,3)4/h8H,5-7H2,1-4H3. The highest BCUT2D eigenvalue weighted by Crippen LogP contribution is 2.26. The van der Waals surface area contributed by atoms with E-state index in [4.69, 9.17) is 0 Å². The molecule has 0 aromatic carbocycles. The van der Waals surface area contributed by atoms with Crippen LogP contribution in [-0.4, -0.2) is 28.7 Å². The molecule has 0 spiro atoms. The minimum atomic E-state index is -0.295. The monoisotopic (exact) mass is 197 g/mol.